The minimum atomic E-state index is -0.453. The highest BCUT2D eigenvalue weighted by Gasteiger charge is 2.20. The van der Waals surface area contributed by atoms with Crippen LogP contribution in [0.25, 0.3) is 0 Å². The summed E-state index contributed by atoms with van der Waals surface area (Å²) < 4.78 is 16.9. The van der Waals surface area contributed by atoms with Gasteiger partial charge in [-0.3, -0.25) is 0 Å². The zero-order valence-electron chi connectivity index (χ0n) is 12.6. The Kier molecular flexibility index (Phi) is 15.0. The molecule has 0 unspecified atom stereocenters. The number of rotatable bonds is 14. The second-order valence-corrected chi connectivity index (χ2v) is 4.67. The van der Waals surface area contributed by atoms with Crippen LogP contribution in [0.4, 0.5) is 0 Å². The van der Waals surface area contributed by atoms with Crippen LogP contribution < -0.4 is 0 Å². The topological polar surface area (TPSA) is 27.7 Å². The van der Waals surface area contributed by atoms with Crippen LogP contribution in [0.2, 0.25) is 0 Å². The van der Waals surface area contributed by atoms with E-state index < -0.39 is 7.32 Å². The van der Waals surface area contributed by atoms with Crippen LogP contribution in [0.5, 0.6) is 0 Å². The van der Waals surface area contributed by atoms with Crippen molar-refractivity contribution in [1.82, 2.24) is 0 Å². The van der Waals surface area contributed by atoms with E-state index in [4.69, 9.17) is 14.0 Å². The maximum absolute atomic E-state index is 5.63. The second-order valence-electron chi connectivity index (χ2n) is 4.67. The third-order valence-corrected chi connectivity index (χ3v) is 2.76. The molecule has 0 spiro atoms. The van der Waals surface area contributed by atoms with Gasteiger partial charge in [0.2, 0.25) is 0 Å². The van der Waals surface area contributed by atoms with Crippen molar-refractivity contribution in [2.24, 2.45) is 0 Å². The van der Waals surface area contributed by atoms with Gasteiger partial charge in [0, 0.05) is 19.8 Å². The lowest BCUT2D eigenvalue weighted by molar-refractivity contribution is 0.0892. The third-order valence-electron chi connectivity index (χ3n) is 2.76. The molecule has 0 amide bonds. The molecule has 0 fully saturated rings. The van der Waals surface area contributed by atoms with Crippen LogP contribution in [0.3, 0.4) is 0 Å². The van der Waals surface area contributed by atoms with Crippen molar-refractivity contribution in [2.75, 3.05) is 19.8 Å². The lowest BCUT2D eigenvalue weighted by Crippen LogP contribution is -2.28. The highest BCUT2D eigenvalue weighted by atomic mass is 16.7. The van der Waals surface area contributed by atoms with E-state index >= 15 is 0 Å². The minimum absolute atomic E-state index is 0.453. The van der Waals surface area contributed by atoms with E-state index in [1.54, 1.807) is 0 Å². The van der Waals surface area contributed by atoms with Gasteiger partial charge in [-0.2, -0.15) is 0 Å². The highest BCUT2D eigenvalue weighted by molar-refractivity contribution is 6.36. The summed E-state index contributed by atoms with van der Waals surface area (Å²) >= 11 is 0. The van der Waals surface area contributed by atoms with E-state index in [0.29, 0.717) is 0 Å². The van der Waals surface area contributed by atoms with Gasteiger partial charge in [-0.1, -0.05) is 52.9 Å². The van der Waals surface area contributed by atoms with E-state index in [1.165, 1.54) is 25.7 Å². The molecule has 0 aromatic heterocycles. The van der Waals surface area contributed by atoms with Gasteiger partial charge in [0.1, 0.15) is 0 Å². The Hall–Kier alpha value is -0.0551. The fraction of sp³-hybridized carbons (Fsp3) is 1.00. The first-order chi connectivity index (χ1) is 8.85. The SMILES string of the molecule is CCCCCOB(OCCCC)OCCCCC. The molecule has 0 aromatic carbocycles. The average molecular weight is 258 g/mol. The van der Waals surface area contributed by atoms with Crippen molar-refractivity contribution in [1.29, 1.82) is 0 Å². The van der Waals surface area contributed by atoms with Crippen molar-refractivity contribution < 1.29 is 14.0 Å². The van der Waals surface area contributed by atoms with E-state index in [2.05, 4.69) is 20.8 Å². The molecule has 0 bridgehead atoms. The fourth-order valence-corrected chi connectivity index (χ4v) is 1.53. The summed E-state index contributed by atoms with van der Waals surface area (Å²) in [6.45, 7) is 8.73. The molecule has 0 N–H and O–H groups in total. The lowest BCUT2D eigenvalue weighted by atomic mass is 10.2. The van der Waals surface area contributed by atoms with Gasteiger partial charge in [0.05, 0.1) is 0 Å². The maximum Gasteiger partial charge on any atom is 0.639 e. The Morgan fingerprint density at radius 1 is 0.556 bits per heavy atom. The summed E-state index contributed by atoms with van der Waals surface area (Å²) in [6.07, 6.45) is 9.20. The first-order valence-corrected chi connectivity index (χ1v) is 7.69. The number of hydrogen-bond acceptors (Lipinski definition) is 3. The van der Waals surface area contributed by atoms with Crippen molar-refractivity contribution in [2.45, 2.75) is 72.1 Å². The Labute approximate surface area is 114 Å². The predicted octanol–water partition coefficient (Wildman–Crippen LogP) is 4.20. The Morgan fingerprint density at radius 2 is 0.944 bits per heavy atom. The molecule has 108 valence electrons. The average Bonchev–Trinajstić information content (AvgIpc) is 2.39. The third kappa shape index (κ3) is 12.4. The van der Waals surface area contributed by atoms with Crippen LogP contribution in [0.1, 0.15) is 72.1 Å². The van der Waals surface area contributed by atoms with Gasteiger partial charge in [0.15, 0.2) is 0 Å². The van der Waals surface area contributed by atoms with Crippen molar-refractivity contribution in [3.8, 4) is 0 Å². The van der Waals surface area contributed by atoms with Crippen LogP contribution in [0, 0.1) is 0 Å². The predicted molar refractivity (Wildman–Crippen MR) is 77.6 cm³/mol. The molecule has 0 aliphatic heterocycles. The molecule has 0 saturated heterocycles. The monoisotopic (exact) mass is 258 g/mol. The molecule has 0 aliphatic carbocycles. The Balaban J connectivity index is 3.62. The molecule has 0 saturated carbocycles. The van der Waals surface area contributed by atoms with E-state index in [0.717, 1.165) is 45.5 Å². The molecular formula is C14H31BO3. The first kappa shape index (κ1) is 17.9. The summed E-state index contributed by atoms with van der Waals surface area (Å²) in [7, 11) is -0.453. The van der Waals surface area contributed by atoms with Crippen LogP contribution in [0.15, 0.2) is 0 Å². The molecule has 0 aromatic rings. The summed E-state index contributed by atoms with van der Waals surface area (Å²) in [5.74, 6) is 0. The van der Waals surface area contributed by atoms with Gasteiger partial charge in [-0.05, 0) is 19.3 Å². The van der Waals surface area contributed by atoms with Crippen LogP contribution in [-0.2, 0) is 14.0 Å². The smallest absolute Gasteiger partial charge is 0.386 e. The molecule has 4 heteroatoms. The van der Waals surface area contributed by atoms with Crippen molar-refractivity contribution in [3.63, 3.8) is 0 Å². The molecule has 0 heterocycles. The van der Waals surface area contributed by atoms with E-state index in [1.807, 2.05) is 0 Å². The zero-order valence-corrected chi connectivity index (χ0v) is 12.6. The molecule has 0 aliphatic rings. The van der Waals surface area contributed by atoms with Gasteiger partial charge >= 0.3 is 7.32 Å². The van der Waals surface area contributed by atoms with Gasteiger partial charge in [-0.15, -0.1) is 0 Å². The second kappa shape index (κ2) is 15.0. The Bertz CT molecular complexity index is 144. The van der Waals surface area contributed by atoms with E-state index in [9.17, 15) is 0 Å². The minimum Gasteiger partial charge on any atom is -0.386 e. The van der Waals surface area contributed by atoms with E-state index in [-0.39, 0.29) is 0 Å². The van der Waals surface area contributed by atoms with Gasteiger partial charge in [0.25, 0.3) is 0 Å². The summed E-state index contributed by atoms with van der Waals surface area (Å²) in [6, 6.07) is 0. The molecule has 0 rings (SSSR count). The number of unbranched alkanes of at least 4 members (excludes halogenated alkanes) is 5. The van der Waals surface area contributed by atoms with Crippen LogP contribution >= 0.6 is 0 Å². The molecular weight excluding hydrogens is 227 g/mol. The van der Waals surface area contributed by atoms with Crippen LogP contribution in [-0.4, -0.2) is 27.1 Å². The molecule has 0 atom stereocenters. The largest absolute Gasteiger partial charge is 0.639 e. The maximum atomic E-state index is 5.63. The zero-order chi connectivity index (χ0) is 13.5. The summed E-state index contributed by atoms with van der Waals surface area (Å²) in [5.41, 5.74) is 0. The van der Waals surface area contributed by atoms with Gasteiger partial charge in [-0.25, -0.2) is 0 Å². The number of hydrogen-bond donors (Lipinski definition) is 0. The normalized spacial score (nSPS) is 10.8. The fourth-order valence-electron chi connectivity index (χ4n) is 1.53. The summed E-state index contributed by atoms with van der Waals surface area (Å²) in [5, 5.41) is 0. The molecule has 0 radical (unpaired) electrons. The molecule has 3 nitrogen and oxygen atoms in total. The standard InChI is InChI=1S/C14H31BO3/c1-4-7-10-13-17-15(16-12-9-6-3)18-14-11-8-5-2/h4-14H2,1-3H3. The molecule has 18 heavy (non-hydrogen) atoms. The highest BCUT2D eigenvalue weighted by Crippen LogP contribution is 2.02. The van der Waals surface area contributed by atoms with Crippen molar-refractivity contribution in [3.05, 3.63) is 0 Å². The summed E-state index contributed by atoms with van der Waals surface area (Å²) in [4.78, 5) is 0. The quantitative estimate of drug-likeness (QED) is 0.345. The Morgan fingerprint density at radius 3 is 1.33 bits per heavy atom. The first-order valence-electron chi connectivity index (χ1n) is 7.69. The van der Waals surface area contributed by atoms with Crippen molar-refractivity contribution >= 4 is 7.32 Å². The van der Waals surface area contributed by atoms with Gasteiger partial charge < -0.3 is 14.0 Å². The lowest BCUT2D eigenvalue weighted by Gasteiger charge is -2.14.